The van der Waals surface area contributed by atoms with Gasteiger partial charge < -0.3 is 14.7 Å². The second kappa shape index (κ2) is 11.0. The van der Waals surface area contributed by atoms with E-state index in [1.165, 1.54) is 0 Å². The predicted molar refractivity (Wildman–Crippen MR) is 122 cm³/mol. The lowest BCUT2D eigenvalue weighted by atomic mass is 9.69. The van der Waals surface area contributed by atoms with Crippen molar-refractivity contribution in [3.05, 3.63) is 0 Å². The summed E-state index contributed by atoms with van der Waals surface area (Å²) in [6.07, 6.45) is 3.24. The highest BCUT2D eigenvalue weighted by Gasteiger charge is 2.39. The van der Waals surface area contributed by atoms with Crippen molar-refractivity contribution >= 4 is 5.91 Å². The molecule has 1 fully saturated rings. The van der Waals surface area contributed by atoms with E-state index in [0.29, 0.717) is 11.8 Å². The highest BCUT2D eigenvalue weighted by atomic mass is 16.2. The van der Waals surface area contributed by atoms with Crippen molar-refractivity contribution in [2.45, 2.75) is 74.7 Å². The number of amides is 1. The summed E-state index contributed by atoms with van der Waals surface area (Å²) in [6.45, 7) is 25.5. The number of carbonyl (C=O) groups is 1. The average molecular weight is 396 g/mol. The summed E-state index contributed by atoms with van der Waals surface area (Å²) >= 11 is 0. The van der Waals surface area contributed by atoms with E-state index in [4.69, 9.17) is 0 Å². The molecule has 0 spiro atoms. The molecule has 166 valence electrons. The molecule has 1 rings (SSSR count). The SMILES string of the molecule is CCN(CC)CCN(C)CC1CCN(C(=O)C(C)(C)CC(C)(C)C(C)C)CC1. The first-order valence-electron chi connectivity index (χ1n) is 11.6. The summed E-state index contributed by atoms with van der Waals surface area (Å²) in [4.78, 5) is 20.3. The maximum atomic E-state index is 13.2. The number of likely N-dealkylation sites (N-methyl/N-ethyl adjacent to an activating group) is 2. The molecule has 0 N–H and O–H groups in total. The van der Waals surface area contributed by atoms with Crippen molar-refractivity contribution in [1.82, 2.24) is 14.7 Å². The Balaban J connectivity index is 2.47. The van der Waals surface area contributed by atoms with Gasteiger partial charge in [0.15, 0.2) is 0 Å². The van der Waals surface area contributed by atoms with Crippen molar-refractivity contribution in [3.63, 3.8) is 0 Å². The van der Waals surface area contributed by atoms with Gasteiger partial charge in [0.2, 0.25) is 5.91 Å². The molecule has 1 heterocycles. The molecule has 0 aromatic rings. The van der Waals surface area contributed by atoms with E-state index in [1.807, 2.05) is 0 Å². The highest BCUT2D eigenvalue weighted by Crippen LogP contribution is 2.40. The minimum absolute atomic E-state index is 0.186. The molecule has 0 unspecified atom stereocenters. The molecule has 1 saturated heterocycles. The summed E-state index contributed by atoms with van der Waals surface area (Å²) in [7, 11) is 2.25. The fourth-order valence-corrected chi connectivity index (χ4v) is 4.55. The molecule has 0 aromatic carbocycles. The monoisotopic (exact) mass is 395 g/mol. The van der Waals surface area contributed by atoms with Gasteiger partial charge in [0.25, 0.3) is 0 Å². The van der Waals surface area contributed by atoms with Crippen LogP contribution in [-0.4, -0.2) is 73.5 Å². The largest absolute Gasteiger partial charge is 0.342 e. The van der Waals surface area contributed by atoms with Gasteiger partial charge in [-0.25, -0.2) is 0 Å². The van der Waals surface area contributed by atoms with Crippen molar-refractivity contribution in [1.29, 1.82) is 0 Å². The summed E-state index contributed by atoms with van der Waals surface area (Å²) in [5.74, 6) is 1.66. The Labute approximate surface area is 176 Å². The lowest BCUT2D eigenvalue weighted by molar-refractivity contribution is -0.144. The number of hydrogen-bond acceptors (Lipinski definition) is 3. The van der Waals surface area contributed by atoms with Crippen LogP contribution >= 0.6 is 0 Å². The minimum Gasteiger partial charge on any atom is -0.342 e. The Kier molecular flexibility index (Phi) is 9.96. The molecule has 0 aliphatic carbocycles. The van der Waals surface area contributed by atoms with Crippen LogP contribution in [0.4, 0.5) is 0 Å². The zero-order valence-electron chi connectivity index (χ0n) is 20.5. The van der Waals surface area contributed by atoms with Gasteiger partial charge in [-0.3, -0.25) is 4.79 Å². The second-order valence-electron chi connectivity index (χ2n) is 10.7. The highest BCUT2D eigenvalue weighted by molar-refractivity contribution is 5.82. The van der Waals surface area contributed by atoms with Crippen molar-refractivity contribution in [3.8, 4) is 0 Å². The molecule has 0 aromatic heterocycles. The third-order valence-electron chi connectivity index (χ3n) is 7.20. The molecule has 28 heavy (non-hydrogen) atoms. The van der Waals surface area contributed by atoms with Crippen molar-refractivity contribution < 1.29 is 4.79 Å². The lowest BCUT2D eigenvalue weighted by Gasteiger charge is -2.42. The third-order valence-corrected chi connectivity index (χ3v) is 7.20. The Morgan fingerprint density at radius 2 is 1.57 bits per heavy atom. The lowest BCUT2D eigenvalue weighted by Crippen LogP contribution is -2.48. The third kappa shape index (κ3) is 7.67. The quantitative estimate of drug-likeness (QED) is 0.512. The number of carbonyl (C=O) groups excluding carboxylic acids is 1. The molecule has 1 amide bonds. The number of rotatable bonds is 11. The van der Waals surface area contributed by atoms with Gasteiger partial charge in [-0.2, -0.15) is 0 Å². The smallest absolute Gasteiger partial charge is 0.228 e. The van der Waals surface area contributed by atoms with Crippen LogP contribution in [0.1, 0.15) is 74.7 Å². The van der Waals surface area contributed by atoms with E-state index in [-0.39, 0.29) is 10.8 Å². The van der Waals surface area contributed by atoms with Gasteiger partial charge in [0, 0.05) is 38.1 Å². The average Bonchev–Trinajstić information content (AvgIpc) is 2.61. The van der Waals surface area contributed by atoms with Gasteiger partial charge in [-0.1, -0.05) is 55.4 Å². The van der Waals surface area contributed by atoms with E-state index in [0.717, 1.165) is 71.0 Å². The first kappa shape index (κ1) is 25.4. The summed E-state index contributed by atoms with van der Waals surface area (Å²) in [6, 6.07) is 0. The van der Waals surface area contributed by atoms with Crippen LogP contribution in [0.25, 0.3) is 0 Å². The van der Waals surface area contributed by atoms with E-state index in [9.17, 15) is 4.79 Å². The fraction of sp³-hybridized carbons (Fsp3) is 0.958. The predicted octanol–water partition coefficient (Wildman–Crippen LogP) is 4.60. The van der Waals surface area contributed by atoms with E-state index in [2.05, 4.69) is 77.1 Å². The normalized spacial score (nSPS) is 17.2. The van der Waals surface area contributed by atoms with Crippen LogP contribution in [0.15, 0.2) is 0 Å². The molecule has 0 radical (unpaired) electrons. The molecule has 0 saturated carbocycles. The number of hydrogen-bond donors (Lipinski definition) is 0. The van der Waals surface area contributed by atoms with Crippen LogP contribution in [0.3, 0.4) is 0 Å². The molecule has 0 bridgehead atoms. The summed E-state index contributed by atoms with van der Waals surface area (Å²) in [5.41, 5.74) is -0.0911. The molecule has 0 atom stereocenters. The second-order valence-corrected chi connectivity index (χ2v) is 10.7. The number of nitrogens with zero attached hydrogens (tertiary/aromatic N) is 3. The van der Waals surface area contributed by atoms with Crippen LogP contribution < -0.4 is 0 Å². The van der Waals surface area contributed by atoms with E-state index >= 15 is 0 Å². The van der Waals surface area contributed by atoms with Gasteiger partial charge in [0.1, 0.15) is 0 Å². The molecular weight excluding hydrogens is 346 g/mol. The topological polar surface area (TPSA) is 26.8 Å². The summed E-state index contributed by atoms with van der Waals surface area (Å²) in [5, 5.41) is 0. The van der Waals surface area contributed by atoms with Crippen LogP contribution in [0.2, 0.25) is 0 Å². The molecule has 1 aliphatic heterocycles. The molecule has 4 nitrogen and oxygen atoms in total. The van der Waals surface area contributed by atoms with E-state index in [1.54, 1.807) is 0 Å². The molecular formula is C24H49N3O. The molecule has 1 aliphatic rings. The Morgan fingerprint density at radius 1 is 1.04 bits per heavy atom. The van der Waals surface area contributed by atoms with Crippen LogP contribution in [0.5, 0.6) is 0 Å². The van der Waals surface area contributed by atoms with Gasteiger partial charge in [0.05, 0.1) is 0 Å². The van der Waals surface area contributed by atoms with Crippen LogP contribution in [0, 0.1) is 22.7 Å². The zero-order chi connectivity index (χ0) is 21.5. The minimum atomic E-state index is -0.277. The maximum Gasteiger partial charge on any atom is 0.228 e. The Morgan fingerprint density at radius 3 is 2.04 bits per heavy atom. The Bertz CT molecular complexity index is 460. The summed E-state index contributed by atoms with van der Waals surface area (Å²) < 4.78 is 0. The van der Waals surface area contributed by atoms with Crippen LogP contribution in [-0.2, 0) is 4.79 Å². The van der Waals surface area contributed by atoms with Gasteiger partial charge in [-0.05, 0) is 56.7 Å². The Hall–Kier alpha value is -0.610. The van der Waals surface area contributed by atoms with Gasteiger partial charge in [-0.15, -0.1) is 0 Å². The zero-order valence-corrected chi connectivity index (χ0v) is 20.5. The van der Waals surface area contributed by atoms with Gasteiger partial charge >= 0.3 is 0 Å². The molecule has 4 heteroatoms. The number of likely N-dealkylation sites (tertiary alicyclic amines) is 1. The van der Waals surface area contributed by atoms with Crippen molar-refractivity contribution in [2.75, 3.05) is 52.9 Å². The fourth-order valence-electron chi connectivity index (χ4n) is 4.55. The first-order chi connectivity index (χ1) is 12.9. The number of piperidine rings is 1. The standard InChI is InChI=1S/C24H49N3O/c1-10-26(11-2)17-16-25(9)18-21-12-14-27(15-13-21)22(28)24(7,8)19-23(5,6)20(3)4/h20-21H,10-19H2,1-9H3. The first-order valence-corrected chi connectivity index (χ1v) is 11.6. The maximum absolute atomic E-state index is 13.2. The van der Waals surface area contributed by atoms with Crippen molar-refractivity contribution in [2.24, 2.45) is 22.7 Å². The van der Waals surface area contributed by atoms with E-state index < -0.39 is 0 Å².